The summed E-state index contributed by atoms with van der Waals surface area (Å²) in [5.41, 5.74) is -0.104. The molecule has 0 fully saturated rings. The highest BCUT2D eigenvalue weighted by Crippen LogP contribution is 2.36. The number of amides is 1. The van der Waals surface area contributed by atoms with Gasteiger partial charge in [-0.1, -0.05) is 11.6 Å². The summed E-state index contributed by atoms with van der Waals surface area (Å²) in [6, 6.07) is 0.825. The van der Waals surface area contributed by atoms with Crippen LogP contribution in [-0.2, 0) is 11.0 Å². The number of aryl methyl sites for hydroxylation is 1. The molecule has 0 aliphatic rings. The molecule has 0 unspecified atom stereocenters. The average molecular weight is 376 g/mol. The molecule has 0 aliphatic carbocycles. The van der Waals surface area contributed by atoms with E-state index >= 15 is 0 Å². The maximum atomic E-state index is 12.7. The molecular formula is C15H13ClF3N3OS. The minimum Gasteiger partial charge on any atom is -0.345 e. The van der Waals surface area contributed by atoms with Gasteiger partial charge in [0, 0.05) is 26.4 Å². The van der Waals surface area contributed by atoms with Gasteiger partial charge in [0.15, 0.2) is 0 Å². The summed E-state index contributed by atoms with van der Waals surface area (Å²) in [5, 5.41) is 0.265. The second kappa shape index (κ2) is 6.90. The number of alkyl halides is 3. The van der Waals surface area contributed by atoms with Crippen molar-refractivity contribution in [2.24, 2.45) is 0 Å². The zero-order valence-corrected chi connectivity index (χ0v) is 14.6. The molecule has 0 aliphatic heterocycles. The summed E-state index contributed by atoms with van der Waals surface area (Å²) in [7, 11) is 3.26. The van der Waals surface area contributed by atoms with Crippen LogP contribution in [0.25, 0.3) is 16.8 Å². The van der Waals surface area contributed by atoms with E-state index < -0.39 is 11.7 Å². The van der Waals surface area contributed by atoms with Crippen molar-refractivity contribution in [2.45, 2.75) is 13.1 Å². The summed E-state index contributed by atoms with van der Waals surface area (Å²) >= 11 is 7.12. The van der Waals surface area contributed by atoms with Gasteiger partial charge in [-0.15, -0.1) is 11.3 Å². The van der Waals surface area contributed by atoms with Crippen molar-refractivity contribution < 1.29 is 18.0 Å². The predicted molar refractivity (Wildman–Crippen MR) is 87.8 cm³/mol. The van der Waals surface area contributed by atoms with Crippen molar-refractivity contribution in [3.63, 3.8) is 0 Å². The topological polar surface area (TPSA) is 46.1 Å². The van der Waals surface area contributed by atoms with Crippen LogP contribution in [0.15, 0.2) is 18.3 Å². The minimum absolute atomic E-state index is 0.126. The van der Waals surface area contributed by atoms with Crippen LogP contribution in [0.1, 0.15) is 16.1 Å². The Balaban J connectivity index is 2.35. The van der Waals surface area contributed by atoms with Crippen molar-refractivity contribution in [1.82, 2.24) is 14.9 Å². The van der Waals surface area contributed by atoms with Crippen LogP contribution in [0.5, 0.6) is 0 Å². The molecular weight excluding hydrogens is 363 g/mol. The van der Waals surface area contributed by atoms with Gasteiger partial charge in [-0.3, -0.25) is 9.78 Å². The first kappa shape index (κ1) is 18.4. The Morgan fingerprint density at radius 2 is 2.04 bits per heavy atom. The standard InChI is InChI=1S/C15H13ClF3N3OS/c1-8-11(4-5-12(23)22(2)3)24-14(21-8)13-10(16)6-9(7-20-13)15(17,18)19/h4-7H,1-3H3. The third-order valence-corrected chi connectivity index (χ3v) is 4.44. The predicted octanol–water partition coefficient (Wildman–Crippen LogP) is 4.29. The fraction of sp³-hybridized carbons (Fsp3) is 0.267. The van der Waals surface area contributed by atoms with Crippen LogP contribution in [0, 0.1) is 6.92 Å². The van der Waals surface area contributed by atoms with Crippen LogP contribution in [-0.4, -0.2) is 34.9 Å². The van der Waals surface area contributed by atoms with E-state index in [2.05, 4.69) is 9.97 Å². The van der Waals surface area contributed by atoms with E-state index in [0.717, 1.165) is 12.3 Å². The van der Waals surface area contributed by atoms with Gasteiger partial charge < -0.3 is 4.90 Å². The maximum absolute atomic E-state index is 12.7. The normalized spacial score (nSPS) is 12.0. The van der Waals surface area contributed by atoms with E-state index in [1.165, 1.54) is 22.3 Å². The third kappa shape index (κ3) is 4.12. The average Bonchev–Trinajstić information content (AvgIpc) is 2.84. The van der Waals surface area contributed by atoms with E-state index in [1.807, 2.05) is 0 Å². The number of carbonyl (C=O) groups is 1. The Bertz CT molecular complexity index is 800. The SMILES string of the molecule is Cc1nc(-c2ncc(C(F)(F)F)cc2Cl)sc1C=CC(=O)N(C)C. The fourth-order valence-electron chi connectivity index (χ4n) is 1.71. The number of halogens is 4. The lowest BCUT2D eigenvalue weighted by molar-refractivity contribution is -0.137. The Morgan fingerprint density at radius 1 is 1.38 bits per heavy atom. The largest absolute Gasteiger partial charge is 0.417 e. The van der Waals surface area contributed by atoms with Crippen LogP contribution in [0.3, 0.4) is 0 Å². The first-order chi connectivity index (χ1) is 11.1. The number of thiazole rings is 1. The van der Waals surface area contributed by atoms with Crippen molar-refractivity contribution in [2.75, 3.05) is 14.1 Å². The monoisotopic (exact) mass is 375 g/mol. The molecule has 9 heteroatoms. The molecule has 0 saturated carbocycles. The molecule has 0 saturated heterocycles. The second-order valence-corrected chi connectivity index (χ2v) is 6.52. The number of nitrogens with zero attached hydrogens (tertiary/aromatic N) is 3. The zero-order valence-electron chi connectivity index (χ0n) is 13.0. The lowest BCUT2D eigenvalue weighted by Gasteiger charge is -2.07. The van der Waals surface area contributed by atoms with Crippen LogP contribution in [0.4, 0.5) is 13.2 Å². The first-order valence-electron chi connectivity index (χ1n) is 6.69. The van der Waals surface area contributed by atoms with Crippen LogP contribution in [0.2, 0.25) is 5.02 Å². The number of rotatable bonds is 3. The highest BCUT2D eigenvalue weighted by atomic mass is 35.5. The molecule has 2 rings (SSSR count). The lowest BCUT2D eigenvalue weighted by Crippen LogP contribution is -2.18. The number of likely N-dealkylation sites (N-methyl/N-ethyl adjacent to an activating group) is 1. The maximum Gasteiger partial charge on any atom is 0.417 e. The summed E-state index contributed by atoms with van der Waals surface area (Å²) < 4.78 is 38.0. The molecule has 2 heterocycles. The molecule has 0 atom stereocenters. The molecule has 0 aromatic carbocycles. The molecule has 2 aromatic heterocycles. The zero-order chi connectivity index (χ0) is 18.1. The number of pyridine rings is 1. The van der Waals surface area contributed by atoms with Crippen LogP contribution < -0.4 is 0 Å². The molecule has 0 bridgehead atoms. The Kier molecular flexibility index (Phi) is 5.29. The van der Waals surface area contributed by atoms with Gasteiger partial charge in [0.05, 0.1) is 21.2 Å². The van der Waals surface area contributed by atoms with E-state index in [9.17, 15) is 18.0 Å². The minimum atomic E-state index is -4.51. The van der Waals surface area contributed by atoms with E-state index in [-0.39, 0.29) is 16.6 Å². The molecule has 0 N–H and O–H groups in total. The van der Waals surface area contributed by atoms with Gasteiger partial charge in [-0.2, -0.15) is 13.2 Å². The fourth-order valence-corrected chi connectivity index (χ4v) is 3.00. The van der Waals surface area contributed by atoms with Crippen molar-refractivity contribution in [3.8, 4) is 10.7 Å². The summed E-state index contributed by atoms with van der Waals surface area (Å²) in [6.07, 6.45) is -0.777. The number of carbonyl (C=O) groups excluding carboxylic acids is 1. The van der Waals surface area contributed by atoms with E-state index in [4.69, 9.17) is 11.6 Å². The highest BCUT2D eigenvalue weighted by molar-refractivity contribution is 7.16. The number of hydrogen-bond acceptors (Lipinski definition) is 4. The van der Waals surface area contributed by atoms with Crippen molar-refractivity contribution >= 4 is 34.9 Å². The first-order valence-corrected chi connectivity index (χ1v) is 7.89. The van der Waals surface area contributed by atoms with Gasteiger partial charge in [0.25, 0.3) is 0 Å². The van der Waals surface area contributed by atoms with E-state index in [0.29, 0.717) is 15.6 Å². The van der Waals surface area contributed by atoms with Gasteiger partial charge in [-0.25, -0.2) is 4.98 Å². The summed E-state index contributed by atoms with van der Waals surface area (Å²) in [6.45, 7) is 1.73. The van der Waals surface area contributed by atoms with Crippen molar-refractivity contribution in [3.05, 3.63) is 39.5 Å². The second-order valence-electron chi connectivity index (χ2n) is 5.09. The quantitative estimate of drug-likeness (QED) is 0.752. The smallest absolute Gasteiger partial charge is 0.345 e. The summed E-state index contributed by atoms with van der Waals surface area (Å²) in [4.78, 5) is 21.8. The lowest BCUT2D eigenvalue weighted by atomic mass is 10.2. The Hall–Kier alpha value is -1.93. The molecule has 128 valence electrons. The highest BCUT2D eigenvalue weighted by Gasteiger charge is 2.32. The van der Waals surface area contributed by atoms with Gasteiger partial charge in [0.2, 0.25) is 5.91 Å². The number of aromatic nitrogens is 2. The molecule has 2 aromatic rings. The Labute approximate surface area is 145 Å². The molecule has 1 amide bonds. The Morgan fingerprint density at radius 3 is 2.58 bits per heavy atom. The van der Waals surface area contributed by atoms with E-state index in [1.54, 1.807) is 27.1 Å². The molecule has 0 radical (unpaired) electrons. The van der Waals surface area contributed by atoms with Gasteiger partial charge in [-0.05, 0) is 19.1 Å². The van der Waals surface area contributed by atoms with Crippen molar-refractivity contribution in [1.29, 1.82) is 0 Å². The number of hydrogen-bond donors (Lipinski definition) is 0. The van der Waals surface area contributed by atoms with Crippen LogP contribution >= 0.6 is 22.9 Å². The molecule has 4 nitrogen and oxygen atoms in total. The van der Waals surface area contributed by atoms with Gasteiger partial charge in [0.1, 0.15) is 10.7 Å². The van der Waals surface area contributed by atoms with Gasteiger partial charge >= 0.3 is 6.18 Å². The summed E-state index contributed by atoms with van der Waals surface area (Å²) in [5.74, 6) is -0.185. The molecule has 24 heavy (non-hydrogen) atoms. The third-order valence-electron chi connectivity index (χ3n) is 3.02. The molecule has 0 spiro atoms.